The average Bonchev–Trinajstić information content (AvgIpc) is 2.19. The molecule has 2 rings (SSSR count). The molecule has 5 heteroatoms. The lowest BCUT2D eigenvalue weighted by molar-refractivity contribution is -0.131. The predicted octanol–water partition coefficient (Wildman–Crippen LogP) is 0.712. The number of amidine groups is 1. The molecule has 0 atom stereocenters. The summed E-state index contributed by atoms with van der Waals surface area (Å²) in [5.41, 5.74) is 1.20. The van der Waals surface area contributed by atoms with E-state index in [2.05, 4.69) is 4.99 Å². The van der Waals surface area contributed by atoms with Gasteiger partial charge < -0.3 is 10.0 Å². The molecule has 5 nitrogen and oxygen atoms in total. The third-order valence-corrected chi connectivity index (χ3v) is 2.30. The molecular formula is C11H10N2O3. The summed E-state index contributed by atoms with van der Waals surface area (Å²) in [6, 6.07) is 0. The van der Waals surface area contributed by atoms with E-state index in [0.29, 0.717) is 5.84 Å². The van der Waals surface area contributed by atoms with E-state index in [0.717, 1.165) is 11.6 Å². The number of carboxylic acid groups (broad SMARTS) is 1. The summed E-state index contributed by atoms with van der Waals surface area (Å²) < 4.78 is 0. The van der Waals surface area contributed by atoms with Gasteiger partial charge >= 0.3 is 5.97 Å². The molecule has 2 aliphatic rings. The van der Waals surface area contributed by atoms with E-state index in [1.54, 1.807) is 17.2 Å². The molecule has 0 saturated heterocycles. The number of hydrogen-bond donors (Lipinski definition) is 1. The van der Waals surface area contributed by atoms with Gasteiger partial charge in [-0.05, 0) is 24.6 Å². The molecule has 0 unspecified atom stereocenters. The van der Waals surface area contributed by atoms with E-state index >= 15 is 0 Å². The molecule has 2 aliphatic heterocycles. The first-order valence-corrected chi connectivity index (χ1v) is 4.76. The molecule has 2 heterocycles. The number of aliphatic carboxylic acids is 1. The van der Waals surface area contributed by atoms with Crippen LogP contribution in [0.4, 0.5) is 0 Å². The summed E-state index contributed by atoms with van der Waals surface area (Å²) >= 11 is 0. The maximum Gasteiger partial charge on any atom is 0.328 e. The molecular weight excluding hydrogens is 208 g/mol. The predicted molar refractivity (Wildman–Crippen MR) is 57.8 cm³/mol. The summed E-state index contributed by atoms with van der Waals surface area (Å²) in [5, 5.41) is 8.60. The van der Waals surface area contributed by atoms with Crippen molar-refractivity contribution in [2.24, 2.45) is 4.99 Å². The number of carboxylic acids is 1. The van der Waals surface area contributed by atoms with Crippen molar-refractivity contribution in [2.45, 2.75) is 6.92 Å². The van der Waals surface area contributed by atoms with Crippen LogP contribution in [0.1, 0.15) is 6.92 Å². The van der Waals surface area contributed by atoms with Crippen LogP contribution in [0.25, 0.3) is 0 Å². The van der Waals surface area contributed by atoms with Crippen molar-refractivity contribution in [2.75, 3.05) is 6.54 Å². The van der Waals surface area contributed by atoms with Crippen molar-refractivity contribution in [1.29, 1.82) is 0 Å². The summed E-state index contributed by atoms with van der Waals surface area (Å²) in [6.07, 6.45) is 6.36. The monoisotopic (exact) mass is 218 g/mol. The second-order valence-electron chi connectivity index (χ2n) is 3.61. The molecule has 0 saturated carbocycles. The number of carbonyl (C=O) groups is 2. The van der Waals surface area contributed by atoms with Crippen LogP contribution in [-0.2, 0) is 9.59 Å². The molecule has 0 aromatic heterocycles. The van der Waals surface area contributed by atoms with E-state index in [1.807, 2.05) is 13.0 Å². The molecule has 1 N–H and O–H groups in total. The highest BCUT2D eigenvalue weighted by Gasteiger charge is 2.23. The van der Waals surface area contributed by atoms with E-state index in [-0.39, 0.29) is 12.1 Å². The summed E-state index contributed by atoms with van der Waals surface area (Å²) in [5.74, 6) is -1.05. The molecule has 0 radical (unpaired) electrons. The molecule has 0 aromatic carbocycles. The molecule has 0 spiro atoms. The Morgan fingerprint density at radius 3 is 3.06 bits per heavy atom. The third-order valence-electron chi connectivity index (χ3n) is 2.30. The van der Waals surface area contributed by atoms with Crippen LogP contribution in [0.3, 0.4) is 0 Å². The van der Waals surface area contributed by atoms with Gasteiger partial charge in [0.1, 0.15) is 5.84 Å². The maximum absolute atomic E-state index is 11.5. The zero-order valence-corrected chi connectivity index (χ0v) is 8.67. The highest BCUT2D eigenvalue weighted by Crippen LogP contribution is 2.16. The number of hydrogen-bond acceptors (Lipinski definition) is 3. The van der Waals surface area contributed by atoms with Crippen molar-refractivity contribution >= 4 is 17.7 Å². The lowest BCUT2D eigenvalue weighted by Gasteiger charge is -2.27. The average molecular weight is 218 g/mol. The fraction of sp³-hybridized carbons (Fsp3) is 0.182. The van der Waals surface area contributed by atoms with E-state index in [1.165, 1.54) is 0 Å². The highest BCUT2D eigenvalue weighted by molar-refractivity contribution is 6.12. The molecule has 0 aliphatic carbocycles. The molecule has 0 aromatic rings. The van der Waals surface area contributed by atoms with Crippen LogP contribution >= 0.6 is 0 Å². The number of carbonyl (C=O) groups excluding carboxylic acids is 1. The Labute approximate surface area is 92.1 Å². The van der Waals surface area contributed by atoms with Gasteiger partial charge in [0.05, 0.1) is 6.54 Å². The van der Waals surface area contributed by atoms with Gasteiger partial charge in [0.2, 0.25) is 0 Å². The van der Waals surface area contributed by atoms with Crippen LogP contribution in [0, 0.1) is 0 Å². The molecule has 16 heavy (non-hydrogen) atoms. The van der Waals surface area contributed by atoms with Crippen molar-refractivity contribution in [3.05, 3.63) is 35.6 Å². The topological polar surface area (TPSA) is 70.0 Å². The summed E-state index contributed by atoms with van der Waals surface area (Å²) in [7, 11) is 0. The van der Waals surface area contributed by atoms with Crippen molar-refractivity contribution < 1.29 is 14.7 Å². The van der Waals surface area contributed by atoms with Crippen molar-refractivity contribution in [3.63, 3.8) is 0 Å². The number of amides is 1. The van der Waals surface area contributed by atoms with Gasteiger partial charge in [-0.1, -0.05) is 0 Å². The molecule has 1 amide bonds. The lowest BCUT2D eigenvalue weighted by Crippen LogP contribution is -2.35. The first-order valence-electron chi connectivity index (χ1n) is 4.76. The maximum atomic E-state index is 11.5. The molecule has 0 fully saturated rings. The van der Waals surface area contributed by atoms with Gasteiger partial charge in [0.15, 0.2) is 0 Å². The highest BCUT2D eigenvalue weighted by atomic mass is 16.4. The fourth-order valence-electron chi connectivity index (χ4n) is 1.53. The standard InChI is InChI=1S/C11H10N2O3/c1-7-2-3-13-6-8(5-10(14)15)11(16)12-9(13)4-7/h2-5H,6H2,1H3,(H,14,15)/b8-5-. The number of rotatable bonds is 1. The zero-order chi connectivity index (χ0) is 11.7. The Bertz CT molecular complexity index is 483. The largest absolute Gasteiger partial charge is 0.478 e. The van der Waals surface area contributed by atoms with Gasteiger partial charge in [0, 0.05) is 17.8 Å². The van der Waals surface area contributed by atoms with Crippen molar-refractivity contribution in [3.8, 4) is 0 Å². The van der Waals surface area contributed by atoms with Gasteiger partial charge in [-0.25, -0.2) is 4.79 Å². The van der Waals surface area contributed by atoms with Crippen LogP contribution in [0.5, 0.6) is 0 Å². The number of fused-ring (bicyclic) bond motifs is 1. The van der Waals surface area contributed by atoms with Gasteiger partial charge in [-0.3, -0.25) is 4.79 Å². The van der Waals surface area contributed by atoms with Gasteiger partial charge in [-0.2, -0.15) is 4.99 Å². The molecule has 0 bridgehead atoms. The zero-order valence-electron chi connectivity index (χ0n) is 8.67. The summed E-state index contributed by atoms with van der Waals surface area (Å²) in [6.45, 7) is 2.16. The van der Waals surface area contributed by atoms with Crippen LogP contribution in [0.2, 0.25) is 0 Å². The Morgan fingerprint density at radius 2 is 2.38 bits per heavy atom. The van der Waals surface area contributed by atoms with Crippen LogP contribution in [-0.4, -0.2) is 34.3 Å². The second kappa shape index (κ2) is 3.77. The quantitative estimate of drug-likeness (QED) is 0.658. The Balaban J connectivity index is 2.35. The smallest absolute Gasteiger partial charge is 0.328 e. The number of allylic oxidation sites excluding steroid dienone is 2. The van der Waals surface area contributed by atoms with Crippen LogP contribution in [0.15, 0.2) is 40.6 Å². The minimum Gasteiger partial charge on any atom is -0.478 e. The lowest BCUT2D eigenvalue weighted by atomic mass is 10.1. The van der Waals surface area contributed by atoms with E-state index in [4.69, 9.17) is 5.11 Å². The van der Waals surface area contributed by atoms with E-state index in [9.17, 15) is 9.59 Å². The second-order valence-corrected chi connectivity index (χ2v) is 3.61. The number of nitrogens with zero attached hydrogens (tertiary/aromatic N) is 2. The van der Waals surface area contributed by atoms with Gasteiger partial charge in [-0.15, -0.1) is 0 Å². The summed E-state index contributed by atoms with van der Waals surface area (Å²) in [4.78, 5) is 27.6. The molecule has 82 valence electrons. The Morgan fingerprint density at radius 1 is 1.62 bits per heavy atom. The first-order chi connectivity index (χ1) is 7.56. The van der Waals surface area contributed by atoms with E-state index < -0.39 is 11.9 Å². The normalized spacial score (nSPS) is 21.7. The van der Waals surface area contributed by atoms with Crippen molar-refractivity contribution in [1.82, 2.24) is 4.90 Å². The number of aliphatic imine (C=N–C) groups is 1. The Hall–Kier alpha value is -2.17. The van der Waals surface area contributed by atoms with Gasteiger partial charge in [0.25, 0.3) is 5.91 Å². The third kappa shape index (κ3) is 1.93. The Kier molecular flexibility index (Phi) is 2.44. The SMILES string of the molecule is CC1=CC2=NC(=O)/C(=C\C(=O)O)CN2C=C1. The minimum absolute atomic E-state index is 0.189. The van der Waals surface area contributed by atoms with Crippen LogP contribution < -0.4 is 0 Å². The fourth-order valence-corrected chi connectivity index (χ4v) is 1.53. The first kappa shape index (κ1) is 10.4. The minimum atomic E-state index is -1.13.